The van der Waals surface area contributed by atoms with Crippen LogP contribution in [0.3, 0.4) is 0 Å². The Morgan fingerprint density at radius 2 is 2.18 bits per heavy atom. The lowest BCUT2D eigenvalue weighted by Gasteiger charge is -2.34. The minimum absolute atomic E-state index is 0.0689. The molecule has 3 nitrogen and oxygen atoms in total. The molecular weight excluding hydrogens is 214 g/mol. The summed E-state index contributed by atoms with van der Waals surface area (Å²) in [6, 6.07) is -0.0689. The van der Waals surface area contributed by atoms with Crippen LogP contribution >= 0.6 is 0 Å². The molecule has 0 bridgehead atoms. The predicted molar refractivity (Wildman–Crippen MR) is 68.6 cm³/mol. The van der Waals surface area contributed by atoms with Gasteiger partial charge in [-0.1, -0.05) is 19.3 Å². The van der Waals surface area contributed by atoms with E-state index in [9.17, 15) is 0 Å². The second-order valence-electron chi connectivity index (χ2n) is 5.09. The summed E-state index contributed by atoms with van der Waals surface area (Å²) in [5.74, 6) is 1.57. The normalized spacial score (nSPS) is 25.2. The first-order valence-corrected chi connectivity index (χ1v) is 7.03. The summed E-state index contributed by atoms with van der Waals surface area (Å²) in [5, 5.41) is 0. The summed E-state index contributed by atoms with van der Waals surface area (Å²) in [6.45, 7) is 3.57. The van der Waals surface area contributed by atoms with Gasteiger partial charge in [0.05, 0.1) is 18.8 Å². The van der Waals surface area contributed by atoms with E-state index in [1.165, 1.54) is 32.1 Å². The van der Waals surface area contributed by atoms with Crippen molar-refractivity contribution in [3.63, 3.8) is 0 Å². The van der Waals surface area contributed by atoms with Crippen molar-refractivity contribution in [1.29, 1.82) is 0 Å². The predicted octanol–water partition coefficient (Wildman–Crippen LogP) is 2.60. The SMILES string of the molecule is CCOC(C1CCCCC1)C(N)C1=CCCO1. The lowest BCUT2D eigenvalue weighted by molar-refractivity contribution is -0.0119. The maximum absolute atomic E-state index is 6.32. The van der Waals surface area contributed by atoms with E-state index in [0.29, 0.717) is 5.92 Å². The van der Waals surface area contributed by atoms with Gasteiger partial charge in [-0.15, -0.1) is 0 Å². The zero-order valence-electron chi connectivity index (χ0n) is 10.9. The first-order chi connectivity index (χ1) is 8.33. The lowest BCUT2D eigenvalue weighted by atomic mass is 9.82. The second kappa shape index (κ2) is 6.41. The fourth-order valence-corrected chi connectivity index (χ4v) is 3.02. The van der Waals surface area contributed by atoms with Crippen molar-refractivity contribution in [2.45, 2.75) is 57.6 Å². The maximum atomic E-state index is 6.32. The highest BCUT2D eigenvalue weighted by molar-refractivity contribution is 5.09. The van der Waals surface area contributed by atoms with Crippen LogP contribution in [0.1, 0.15) is 45.4 Å². The van der Waals surface area contributed by atoms with Crippen LogP contribution in [0, 0.1) is 5.92 Å². The molecule has 0 spiro atoms. The Hall–Kier alpha value is -0.540. The lowest BCUT2D eigenvalue weighted by Crippen LogP contribution is -2.44. The van der Waals surface area contributed by atoms with E-state index >= 15 is 0 Å². The molecule has 17 heavy (non-hydrogen) atoms. The highest BCUT2D eigenvalue weighted by Crippen LogP contribution is 2.31. The van der Waals surface area contributed by atoms with Crippen molar-refractivity contribution in [3.8, 4) is 0 Å². The molecule has 2 atom stereocenters. The fraction of sp³-hybridized carbons (Fsp3) is 0.857. The van der Waals surface area contributed by atoms with Gasteiger partial charge in [0, 0.05) is 13.0 Å². The van der Waals surface area contributed by atoms with Gasteiger partial charge >= 0.3 is 0 Å². The first-order valence-electron chi connectivity index (χ1n) is 7.03. The molecular formula is C14H25NO2. The van der Waals surface area contributed by atoms with Crippen LogP contribution < -0.4 is 5.73 Å². The Morgan fingerprint density at radius 1 is 1.41 bits per heavy atom. The molecule has 1 aliphatic heterocycles. The molecule has 2 unspecified atom stereocenters. The number of ether oxygens (including phenoxy) is 2. The van der Waals surface area contributed by atoms with E-state index in [1.54, 1.807) is 0 Å². The standard InChI is InChI=1S/C14H25NO2/c1-2-16-14(11-7-4-3-5-8-11)13(15)12-9-6-10-17-12/h9,11,13-14H,2-8,10,15H2,1H3. The van der Waals surface area contributed by atoms with Gasteiger partial charge in [0.25, 0.3) is 0 Å². The molecule has 1 fully saturated rings. The molecule has 0 radical (unpaired) electrons. The van der Waals surface area contributed by atoms with Crippen LogP contribution in [0.15, 0.2) is 11.8 Å². The molecule has 2 N–H and O–H groups in total. The maximum Gasteiger partial charge on any atom is 0.111 e. The van der Waals surface area contributed by atoms with Crippen LogP contribution in [-0.2, 0) is 9.47 Å². The Labute approximate surface area is 104 Å². The Morgan fingerprint density at radius 3 is 2.76 bits per heavy atom. The first kappa shape index (κ1) is 12.9. The van der Waals surface area contributed by atoms with E-state index in [-0.39, 0.29) is 12.1 Å². The van der Waals surface area contributed by atoms with Crippen molar-refractivity contribution in [3.05, 3.63) is 11.8 Å². The summed E-state index contributed by atoms with van der Waals surface area (Å²) < 4.78 is 11.5. The topological polar surface area (TPSA) is 44.5 Å². The third kappa shape index (κ3) is 3.23. The number of rotatable bonds is 5. The number of hydrogen-bond donors (Lipinski definition) is 1. The summed E-state index contributed by atoms with van der Waals surface area (Å²) in [7, 11) is 0. The largest absolute Gasteiger partial charge is 0.496 e. The van der Waals surface area contributed by atoms with Crippen LogP contribution in [0.2, 0.25) is 0 Å². The van der Waals surface area contributed by atoms with Crippen molar-refractivity contribution in [2.24, 2.45) is 11.7 Å². The third-order valence-corrected chi connectivity index (χ3v) is 3.89. The van der Waals surface area contributed by atoms with Gasteiger partial charge in [0.2, 0.25) is 0 Å². The number of hydrogen-bond acceptors (Lipinski definition) is 3. The molecule has 2 rings (SSSR count). The van der Waals surface area contributed by atoms with E-state index in [0.717, 1.165) is 25.4 Å². The van der Waals surface area contributed by atoms with Gasteiger partial charge in [-0.05, 0) is 31.8 Å². The quantitative estimate of drug-likeness (QED) is 0.802. The van der Waals surface area contributed by atoms with Crippen LogP contribution in [-0.4, -0.2) is 25.4 Å². The summed E-state index contributed by atoms with van der Waals surface area (Å²) in [6.07, 6.45) is 9.78. The van der Waals surface area contributed by atoms with Crippen LogP contribution in [0.4, 0.5) is 0 Å². The molecule has 0 saturated heterocycles. The Balaban J connectivity index is 1.98. The van der Waals surface area contributed by atoms with E-state index < -0.39 is 0 Å². The number of nitrogens with two attached hydrogens (primary N) is 1. The average molecular weight is 239 g/mol. The Kier molecular flexibility index (Phi) is 4.86. The third-order valence-electron chi connectivity index (χ3n) is 3.89. The zero-order valence-corrected chi connectivity index (χ0v) is 10.9. The molecule has 3 heteroatoms. The molecule has 1 aliphatic carbocycles. The highest BCUT2D eigenvalue weighted by atomic mass is 16.5. The summed E-state index contributed by atoms with van der Waals surface area (Å²) >= 11 is 0. The summed E-state index contributed by atoms with van der Waals surface area (Å²) in [4.78, 5) is 0. The van der Waals surface area contributed by atoms with Crippen molar-refractivity contribution in [2.75, 3.05) is 13.2 Å². The molecule has 2 aliphatic rings. The Bertz CT molecular complexity index is 259. The highest BCUT2D eigenvalue weighted by Gasteiger charge is 2.32. The minimum Gasteiger partial charge on any atom is -0.496 e. The van der Waals surface area contributed by atoms with E-state index in [1.807, 2.05) is 6.92 Å². The van der Waals surface area contributed by atoms with Crippen molar-refractivity contribution < 1.29 is 9.47 Å². The van der Waals surface area contributed by atoms with Crippen molar-refractivity contribution >= 4 is 0 Å². The smallest absolute Gasteiger partial charge is 0.111 e. The van der Waals surface area contributed by atoms with Gasteiger partial charge < -0.3 is 15.2 Å². The second-order valence-corrected chi connectivity index (χ2v) is 5.09. The molecule has 0 aromatic heterocycles. The molecule has 0 amide bonds. The minimum atomic E-state index is -0.0689. The molecule has 98 valence electrons. The monoisotopic (exact) mass is 239 g/mol. The van der Waals surface area contributed by atoms with E-state index in [4.69, 9.17) is 15.2 Å². The van der Waals surface area contributed by atoms with Crippen molar-refractivity contribution in [1.82, 2.24) is 0 Å². The van der Waals surface area contributed by atoms with Crippen LogP contribution in [0.5, 0.6) is 0 Å². The molecule has 1 heterocycles. The van der Waals surface area contributed by atoms with Gasteiger partial charge in [0.15, 0.2) is 0 Å². The zero-order chi connectivity index (χ0) is 12.1. The molecule has 0 aromatic carbocycles. The van der Waals surface area contributed by atoms with Gasteiger partial charge in [-0.2, -0.15) is 0 Å². The van der Waals surface area contributed by atoms with Crippen LogP contribution in [0.25, 0.3) is 0 Å². The average Bonchev–Trinajstić information content (AvgIpc) is 2.90. The van der Waals surface area contributed by atoms with Gasteiger partial charge in [-0.3, -0.25) is 0 Å². The van der Waals surface area contributed by atoms with E-state index in [2.05, 4.69) is 6.08 Å². The summed E-state index contributed by atoms with van der Waals surface area (Å²) in [5.41, 5.74) is 6.32. The molecule has 0 aromatic rings. The fourth-order valence-electron chi connectivity index (χ4n) is 3.02. The van der Waals surface area contributed by atoms with Gasteiger partial charge in [-0.25, -0.2) is 0 Å². The van der Waals surface area contributed by atoms with Gasteiger partial charge in [0.1, 0.15) is 5.76 Å². The molecule has 1 saturated carbocycles.